The summed E-state index contributed by atoms with van der Waals surface area (Å²) < 4.78 is 23.4. The number of methoxy groups -OCH3 is 2. The van der Waals surface area contributed by atoms with Crippen molar-refractivity contribution in [2.45, 2.75) is 13.8 Å². The van der Waals surface area contributed by atoms with Gasteiger partial charge < -0.3 is 18.5 Å². The first kappa shape index (κ1) is 22.3. The second kappa shape index (κ2) is 8.77. The molecule has 28 heavy (non-hydrogen) atoms. The van der Waals surface area contributed by atoms with Crippen LogP contribution in [-0.2, 0) is 32.7 Å². The summed E-state index contributed by atoms with van der Waals surface area (Å²) in [6.45, 7) is 5.29. The molecule has 2 atom stereocenters. The minimum absolute atomic E-state index is 0.173. The van der Waals surface area contributed by atoms with Crippen LogP contribution in [0.4, 0.5) is 0 Å². The highest BCUT2D eigenvalue weighted by Gasteiger charge is 2.38. The van der Waals surface area contributed by atoms with E-state index in [4.69, 9.17) is 42.1 Å². The molecule has 0 bridgehead atoms. The van der Waals surface area contributed by atoms with E-state index >= 15 is 0 Å². The summed E-state index contributed by atoms with van der Waals surface area (Å²) in [5, 5.41) is 1.94. The summed E-state index contributed by atoms with van der Waals surface area (Å²) in [5.41, 5.74) is -5.11. The first-order chi connectivity index (χ1) is 13.2. The predicted octanol–water partition coefficient (Wildman–Crippen LogP) is 5.08. The van der Waals surface area contributed by atoms with Gasteiger partial charge in [0.1, 0.15) is 11.5 Å². The van der Waals surface area contributed by atoms with Gasteiger partial charge in [0.05, 0.1) is 27.4 Å². The third kappa shape index (κ3) is 5.02. The number of hydrogen-bond acceptors (Lipinski definition) is 7. The minimum Gasteiger partial charge on any atom is -0.497 e. The van der Waals surface area contributed by atoms with Crippen LogP contribution in [0.2, 0.25) is 0 Å². The van der Waals surface area contributed by atoms with Crippen molar-refractivity contribution in [3.63, 3.8) is 0 Å². The van der Waals surface area contributed by atoms with E-state index in [9.17, 15) is 0 Å². The second-order valence-corrected chi connectivity index (χ2v) is 20.4. The van der Waals surface area contributed by atoms with Crippen LogP contribution >= 0.6 is 21.9 Å². The van der Waals surface area contributed by atoms with E-state index in [0.29, 0.717) is 13.2 Å². The van der Waals surface area contributed by atoms with Gasteiger partial charge in [0.2, 0.25) is 0 Å². The highest BCUT2D eigenvalue weighted by Crippen LogP contribution is 2.78. The van der Waals surface area contributed by atoms with E-state index in [1.165, 1.54) is 11.0 Å². The molecule has 9 heteroatoms. The summed E-state index contributed by atoms with van der Waals surface area (Å²) in [5.74, 6) is 1.57. The predicted molar refractivity (Wildman–Crippen MR) is 127 cm³/mol. The van der Waals surface area contributed by atoms with Gasteiger partial charge in [-0.3, -0.25) is 0 Å². The van der Waals surface area contributed by atoms with Crippen molar-refractivity contribution in [2.75, 3.05) is 27.4 Å². The third-order valence-corrected chi connectivity index (χ3v) is 20.0. The van der Waals surface area contributed by atoms with E-state index in [2.05, 4.69) is 13.8 Å². The molecule has 1 aliphatic rings. The second-order valence-electron chi connectivity index (χ2n) is 7.18. The first-order valence-electron chi connectivity index (χ1n) is 8.69. The van der Waals surface area contributed by atoms with Crippen molar-refractivity contribution in [1.82, 2.24) is 0 Å². The molecule has 0 spiro atoms. The highest BCUT2D eigenvalue weighted by atomic mass is 33.2. The Bertz CT molecular complexity index is 840. The molecule has 1 aliphatic heterocycles. The van der Waals surface area contributed by atoms with Gasteiger partial charge in [-0.25, -0.2) is 0 Å². The van der Waals surface area contributed by atoms with Gasteiger partial charge >= 0.3 is 0 Å². The average Bonchev–Trinajstić information content (AvgIpc) is 2.70. The van der Waals surface area contributed by atoms with Gasteiger partial charge in [-0.1, -0.05) is 37.5 Å². The van der Waals surface area contributed by atoms with Crippen molar-refractivity contribution < 1.29 is 18.5 Å². The Balaban J connectivity index is 2.03. The Labute approximate surface area is 181 Å². The highest BCUT2D eigenvalue weighted by molar-refractivity contribution is 9.00. The smallest absolute Gasteiger partial charge is 0.155 e. The lowest BCUT2D eigenvalue weighted by molar-refractivity contribution is 0.129. The summed E-state index contributed by atoms with van der Waals surface area (Å²) in [7, 11) is 3.29. The topological polar surface area (TPSA) is 36.9 Å². The first-order valence-corrected chi connectivity index (χ1v) is 16.2. The van der Waals surface area contributed by atoms with Crippen molar-refractivity contribution >= 4 is 56.2 Å². The molecule has 0 saturated carbocycles. The molecule has 0 aliphatic carbocycles. The van der Waals surface area contributed by atoms with Crippen LogP contribution in [0, 0.1) is 5.41 Å². The third-order valence-electron chi connectivity index (χ3n) is 4.24. The van der Waals surface area contributed by atoms with Gasteiger partial charge in [0.25, 0.3) is 0 Å². The van der Waals surface area contributed by atoms with Crippen LogP contribution < -0.4 is 20.1 Å². The molecule has 0 N–H and O–H groups in total. The average molecular weight is 475 g/mol. The molecule has 2 aromatic carbocycles. The zero-order chi connectivity index (χ0) is 20.4. The lowest BCUT2D eigenvalue weighted by Crippen LogP contribution is -2.27. The monoisotopic (exact) mass is 474 g/mol. The summed E-state index contributed by atoms with van der Waals surface area (Å²) in [6, 6.07) is 15.6. The molecule has 0 aromatic heterocycles. The van der Waals surface area contributed by atoms with Crippen LogP contribution in [0.1, 0.15) is 13.8 Å². The lowest BCUT2D eigenvalue weighted by atomic mass is 9.97. The van der Waals surface area contributed by atoms with Crippen molar-refractivity contribution in [2.24, 2.45) is 5.41 Å². The molecule has 1 heterocycles. The zero-order valence-electron chi connectivity index (χ0n) is 16.3. The minimum atomic E-state index is -2.47. The standard InChI is InChI=1S/C19H24O4P2S3/c1-19(2)13-22-24(26,17-9-5-15(20-3)6-10-17)28-25(27,23-14-19)18-11-7-16(21-4)8-12-18/h5-12H,13-14H2,1-4H3/t24-,25+. The molecule has 0 radical (unpaired) electrons. The van der Waals surface area contributed by atoms with Crippen molar-refractivity contribution in [1.29, 1.82) is 0 Å². The van der Waals surface area contributed by atoms with Crippen LogP contribution in [0.3, 0.4) is 0 Å². The molecule has 0 unspecified atom stereocenters. The molecular formula is C19H24O4P2S3. The van der Waals surface area contributed by atoms with Crippen LogP contribution in [0.25, 0.3) is 0 Å². The fourth-order valence-corrected chi connectivity index (χ4v) is 20.5. The zero-order valence-corrected chi connectivity index (χ0v) is 20.5. The van der Waals surface area contributed by atoms with E-state index in [1.54, 1.807) is 14.2 Å². The SMILES string of the molecule is COc1ccc([P@@]2(=S)OCC(C)(C)CO[P@@](=S)(c3ccc(OC)cc3)S2)cc1. The maximum absolute atomic E-state index is 6.41. The van der Waals surface area contributed by atoms with Gasteiger partial charge in [-0.05, 0) is 59.5 Å². The molecule has 3 rings (SSSR count). The van der Waals surface area contributed by atoms with Crippen LogP contribution in [0.5, 0.6) is 11.5 Å². The largest absolute Gasteiger partial charge is 0.497 e. The Hall–Kier alpha value is -0.390. The summed E-state index contributed by atoms with van der Waals surface area (Å²) in [4.78, 5) is 0. The lowest BCUT2D eigenvalue weighted by Gasteiger charge is -2.37. The normalized spacial score (nSPS) is 27.4. The molecule has 0 amide bonds. The Morgan fingerprint density at radius 2 is 1.14 bits per heavy atom. The van der Waals surface area contributed by atoms with Crippen molar-refractivity contribution in [3.8, 4) is 11.5 Å². The van der Waals surface area contributed by atoms with E-state index in [-0.39, 0.29) is 5.41 Å². The Morgan fingerprint density at radius 3 is 1.46 bits per heavy atom. The van der Waals surface area contributed by atoms with Gasteiger partial charge in [-0.15, -0.1) is 0 Å². The maximum atomic E-state index is 6.41. The molecule has 1 fully saturated rings. The van der Waals surface area contributed by atoms with Crippen molar-refractivity contribution in [3.05, 3.63) is 48.5 Å². The Morgan fingerprint density at radius 1 is 0.786 bits per heavy atom. The summed E-state index contributed by atoms with van der Waals surface area (Å²) >= 11 is 13.8. The number of benzene rings is 2. The van der Waals surface area contributed by atoms with E-state index in [0.717, 1.165) is 22.1 Å². The number of ether oxygens (including phenoxy) is 2. The van der Waals surface area contributed by atoms with Gasteiger partial charge in [0, 0.05) is 16.0 Å². The maximum Gasteiger partial charge on any atom is 0.155 e. The summed E-state index contributed by atoms with van der Waals surface area (Å²) in [6.07, 6.45) is 0. The molecule has 4 nitrogen and oxygen atoms in total. The molecular weight excluding hydrogens is 450 g/mol. The fraction of sp³-hybridized carbons (Fsp3) is 0.368. The number of rotatable bonds is 4. The molecule has 2 aromatic rings. The Kier molecular flexibility index (Phi) is 6.98. The van der Waals surface area contributed by atoms with E-state index < -0.39 is 10.9 Å². The van der Waals surface area contributed by atoms with E-state index in [1.807, 2.05) is 48.5 Å². The van der Waals surface area contributed by atoms with Gasteiger partial charge in [0.15, 0.2) is 10.9 Å². The fourth-order valence-electron chi connectivity index (χ4n) is 2.52. The van der Waals surface area contributed by atoms with Crippen LogP contribution in [-0.4, -0.2) is 27.4 Å². The quantitative estimate of drug-likeness (QED) is 0.572. The van der Waals surface area contributed by atoms with Gasteiger partial charge in [-0.2, -0.15) is 0 Å². The number of hydrogen-bond donors (Lipinski definition) is 0. The molecule has 1 saturated heterocycles. The van der Waals surface area contributed by atoms with Crippen LogP contribution in [0.15, 0.2) is 48.5 Å². The molecule has 152 valence electrons.